The number of nitrogens with two attached hydrogens (primary N) is 1. The van der Waals surface area contributed by atoms with E-state index in [2.05, 4.69) is 6.07 Å². The molecule has 6 heteroatoms. The van der Waals surface area contributed by atoms with E-state index in [9.17, 15) is 4.21 Å². The molecule has 2 N–H and O–H groups in total. The summed E-state index contributed by atoms with van der Waals surface area (Å²) in [5.41, 5.74) is 7.37. The molecule has 0 fully saturated rings. The summed E-state index contributed by atoms with van der Waals surface area (Å²) in [4.78, 5) is 0.492. The zero-order chi connectivity index (χ0) is 15.4. The highest BCUT2D eigenvalue weighted by Crippen LogP contribution is 2.25. The first-order valence-electron chi connectivity index (χ1n) is 6.05. The van der Waals surface area contributed by atoms with Gasteiger partial charge in [0.05, 0.1) is 39.1 Å². The number of methoxy groups -OCH3 is 1. The smallest absolute Gasteiger partial charge is 0.136 e. The zero-order valence-corrected chi connectivity index (χ0v) is 12.9. The highest BCUT2D eigenvalue weighted by Gasteiger charge is 2.12. The molecule has 0 saturated carbocycles. The molecule has 1 atom stereocenters. The van der Waals surface area contributed by atoms with Gasteiger partial charge in [0, 0.05) is 5.69 Å². The molecule has 0 bridgehead atoms. The molecule has 2 aromatic rings. The molecular weight excluding hydrogens is 308 g/mol. The van der Waals surface area contributed by atoms with Crippen LogP contribution in [0.4, 0.5) is 5.69 Å². The molecule has 0 radical (unpaired) electrons. The van der Waals surface area contributed by atoms with E-state index < -0.39 is 10.8 Å². The van der Waals surface area contributed by atoms with Gasteiger partial charge in [-0.1, -0.05) is 17.7 Å². The Morgan fingerprint density at radius 2 is 2.10 bits per heavy atom. The lowest BCUT2D eigenvalue weighted by atomic mass is 10.1. The minimum Gasteiger partial charge on any atom is -0.495 e. The molecule has 2 aromatic carbocycles. The van der Waals surface area contributed by atoms with E-state index >= 15 is 0 Å². The van der Waals surface area contributed by atoms with Gasteiger partial charge in [0.25, 0.3) is 0 Å². The number of hydrogen-bond acceptors (Lipinski definition) is 4. The summed E-state index contributed by atoms with van der Waals surface area (Å²) >= 11 is 6.04. The van der Waals surface area contributed by atoms with Gasteiger partial charge in [-0.15, -0.1) is 0 Å². The predicted molar refractivity (Wildman–Crippen MR) is 83.7 cm³/mol. The third-order valence-corrected chi connectivity index (χ3v) is 4.75. The average Bonchev–Trinajstić information content (AvgIpc) is 2.49. The van der Waals surface area contributed by atoms with Gasteiger partial charge in [0.15, 0.2) is 0 Å². The first-order valence-corrected chi connectivity index (χ1v) is 7.75. The molecule has 0 aliphatic heterocycles. The van der Waals surface area contributed by atoms with Crippen molar-refractivity contribution >= 4 is 28.1 Å². The summed E-state index contributed by atoms with van der Waals surface area (Å²) in [5.74, 6) is 0.746. The molecule has 4 nitrogen and oxygen atoms in total. The van der Waals surface area contributed by atoms with Gasteiger partial charge in [0.1, 0.15) is 11.8 Å². The van der Waals surface area contributed by atoms with E-state index in [0.717, 1.165) is 5.56 Å². The average molecular weight is 321 g/mol. The second-order valence-electron chi connectivity index (χ2n) is 4.33. The summed E-state index contributed by atoms with van der Waals surface area (Å²) in [6.45, 7) is 0. The number of ether oxygens (including phenoxy) is 1. The summed E-state index contributed by atoms with van der Waals surface area (Å²) < 4.78 is 17.5. The molecule has 108 valence electrons. The maximum Gasteiger partial charge on any atom is 0.136 e. The minimum atomic E-state index is -1.34. The second-order valence-corrected chi connectivity index (χ2v) is 6.15. The minimum absolute atomic E-state index is 0.252. The van der Waals surface area contributed by atoms with Crippen molar-refractivity contribution in [3.8, 4) is 11.8 Å². The first-order chi connectivity index (χ1) is 10.0. The Morgan fingerprint density at radius 3 is 2.76 bits per heavy atom. The van der Waals surface area contributed by atoms with Crippen molar-refractivity contribution in [2.75, 3.05) is 12.8 Å². The van der Waals surface area contributed by atoms with Crippen LogP contribution in [0.2, 0.25) is 5.02 Å². The van der Waals surface area contributed by atoms with Crippen LogP contribution >= 0.6 is 11.6 Å². The summed E-state index contributed by atoms with van der Waals surface area (Å²) in [5, 5.41) is 9.48. The van der Waals surface area contributed by atoms with E-state index in [-0.39, 0.29) is 5.75 Å². The van der Waals surface area contributed by atoms with E-state index in [1.54, 1.807) is 36.4 Å². The maximum atomic E-state index is 12.4. The number of rotatable bonds is 4. The van der Waals surface area contributed by atoms with Crippen LogP contribution in [0, 0.1) is 11.3 Å². The SMILES string of the molecule is COc1ccc(CS(=O)c2cc(N)ccc2Cl)cc1C#N. The highest BCUT2D eigenvalue weighted by atomic mass is 35.5. The lowest BCUT2D eigenvalue weighted by Gasteiger charge is -2.08. The molecule has 0 aromatic heterocycles. The molecule has 21 heavy (non-hydrogen) atoms. The van der Waals surface area contributed by atoms with Crippen molar-refractivity contribution in [3.63, 3.8) is 0 Å². The van der Waals surface area contributed by atoms with Gasteiger partial charge < -0.3 is 10.5 Å². The quantitative estimate of drug-likeness (QED) is 0.878. The number of benzene rings is 2. The van der Waals surface area contributed by atoms with Crippen LogP contribution in [0.3, 0.4) is 0 Å². The summed E-state index contributed by atoms with van der Waals surface area (Å²) in [6.07, 6.45) is 0. The Balaban J connectivity index is 2.28. The van der Waals surface area contributed by atoms with Crippen LogP contribution in [0.1, 0.15) is 11.1 Å². The van der Waals surface area contributed by atoms with E-state index in [1.807, 2.05) is 0 Å². The van der Waals surface area contributed by atoms with Crippen molar-refractivity contribution in [2.45, 2.75) is 10.6 Å². The van der Waals surface area contributed by atoms with E-state index in [0.29, 0.717) is 26.9 Å². The Labute approximate surface area is 130 Å². The molecule has 0 spiro atoms. The number of nitriles is 1. The first kappa shape index (κ1) is 15.4. The lowest BCUT2D eigenvalue weighted by molar-refractivity contribution is 0.413. The standard InChI is InChI=1S/C15H13ClN2O2S/c1-20-14-5-2-10(6-11(14)8-17)9-21(19)15-7-12(18)3-4-13(15)16/h2-7H,9,18H2,1H3. The van der Waals surface area contributed by atoms with Crippen molar-refractivity contribution in [1.82, 2.24) is 0 Å². The van der Waals surface area contributed by atoms with Crippen molar-refractivity contribution in [1.29, 1.82) is 5.26 Å². The van der Waals surface area contributed by atoms with Gasteiger partial charge >= 0.3 is 0 Å². The molecule has 2 rings (SSSR count). The zero-order valence-electron chi connectivity index (χ0n) is 11.3. The monoisotopic (exact) mass is 320 g/mol. The van der Waals surface area contributed by atoms with Gasteiger partial charge in [-0.05, 0) is 35.9 Å². The van der Waals surface area contributed by atoms with Gasteiger partial charge in [-0.25, -0.2) is 0 Å². The van der Waals surface area contributed by atoms with Gasteiger partial charge in [-0.3, -0.25) is 4.21 Å². The van der Waals surface area contributed by atoms with Crippen molar-refractivity contribution in [3.05, 3.63) is 52.5 Å². The number of nitrogens with zero attached hydrogens (tertiary/aromatic N) is 1. The lowest BCUT2D eigenvalue weighted by Crippen LogP contribution is -2.00. The second kappa shape index (κ2) is 6.61. The Hall–Kier alpha value is -2.03. The van der Waals surface area contributed by atoms with E-state index in [4.69, 9.17) is 27.3 Å². The van der Waals surface area contributed by atoms with Crippen LogP contribution in [0.25, 0.3) is 0 Å². The van der Waals surface area contributed by atoms with Crippen LogP contribution in [-0.4, -0.2) is 11.3 Å². The number of nitrogen functional groups attached to an aromatic ring is 1. The predicted octanol–water partition coefficient (Wildman–Crippen LogP) is 3.11. The number of halogens is 1. The van der Waals surface area contributed by atoms with Gasteiger partial charge in [0.2, 0.25) is 0 Å². The fourth-order valence-corrected chi connectivity index (χ4v) is 3.42. The molecular formula is C15H13ClN2O2S. The van der Waals surface area contributed by atoms with Crippen LogP contribution < -0.4 is 10.5 Å². The topological polar surface area (TPSA) is 76.1 Å². The maximum absolute atomic E-state index is 12.4. The van der Waals surface area contributed by atoms with E-state index in [1.165, 1.54) is 7.11 Å². The molecule has 0 heterocycles. The fourth-order valence-electron chi connectivity index (χ4n) is 1.86. The molecule has 0 aliphatic rings. The summed E-state index contributed by atoms with van der Waals surface area (Å²) in [6, 6.07) is 12.1. The Kier molecular flexibility index (Phi) is 4.84. The van der Waals surface area contributed by atoms with Crippen molar-refractivity contribution < 1.29 is 8.95 Å². The molecule has 1 unspecified atom stereocenters. The largest absolute Gasteiger partial charge is 0.495 e. The number of hydrogen-bond donors (Lipinski definition) is 1. The molecule has 0 saturated heterocycles. The fraction of sp³-hybridized carbons (Fsp3) is 0.133. The highest BCUT2D eigenvalue weighted by molar-refractivity contribution is 7.84. The van der Waals surface area contributed by atoms with Crippen LogP contribution in [-0.2, 0) is 16.6 Å². The Morgan fingerprint density at radius 1 is 1.33 bits per heavy atom. The van der Waals surface area contributed by atoms with Crippen LogP contribution in [0.15, 0.2) is 41.3 Å². The third kappa shape index (κ3) is 3.54. The summed E-state index contributed by atoms with van der Waals surface area (Å²) in [7, 11) is 0.163. The molecule has 0 aliphatic carbocycles. The van der Waals surface area contributed by atoms with Crippen molar-refractivity contribution in [2.24, 2.45) is 0 Å². The number of anilines is 1. The normalized spacial score (nSPS) is 11.7. The third-order valence-electron chi connectivity index (χ3n) is 2.88. The van der Waals surface area contributed by atoms with Crippen LogP contribution in [0.5, 0.6) is 5.75 Å². The molecule has 0 amide bonds. The van der Waals surface area contributed by atoms with Gasteiger partial charge in [-0.2, -0.15) is 5.26 Å². The Bertz CT molecular complexity index is 741.